The lowest BCUT2D eigenvalue weighted by Gasteiger charge is -2.12. The van der Waals surface area contributed by atoms with Crippen molar-refractivity contribution in [2.24, 2.45) is 0 Å². The summed E-state index contributed by atoms with van der Waals surface area (Å²) in [5.74, 6) is -1.34. The molecular weight excluding hydrogens is 326 g/mol. The Morgan fingerprint density at radius 2 is 1.87 bits per heavy atom. The Kier molecular flexibility index (Phi) is 11.0. The quantitative estimate of drug-likeness (QED) is 0.314. The summed E-state index contributed by atoms with van der Waals surface area (Å²) in [6, 6.07) is -0.472. The molecular formula is C17H25F4NS. The van der Waals surface area contributed by atoms with Crippen molar-refractivity contribution in [1.29, 1.82) is 0 Å². The maximum atomic E-state index is 14.0. The molecule has 0 bridgehead atoms. The molecule has 0 amide bonds. The van der Waals surface area contributed by atoms with Crippen LogP contribution in [0.1, 0.15) is 34.1 Å². The molecule has 0 rings (SSSR count). The van der Waals surface area contributed by atoms with Crippen LogP contribution in [-0.2, 0) is 0 Å². The van der Waals surface area contributed by atoms with Crippen molar-refractivity contribution < 1.29 is 17.6 Å². The second-order valence-corrected chi connectivity index (χ2v) is 6.28. The Bertz CT molecular complexity index is 462. The minimum absolute atomic E-state index is 0.383. The maximum Gasteiger partial charge on any atom is 0.398 e. The number of hydrogen-bond donors (Lipinski definition) is 1. The average Bonchev–Trinajstić information content (AvgIpc) is 2.47. The zero-order chi connectivity index (χ0) is 17.9. The average molecular weight is 351 g/mol. The molecule has 0 fully saturated rings. The van der Waals surface area contributed by atoms with Gasteiger partial charge in [-0.05, 0) is 57.2 Å². The molecule has 0 aliphatic rings. The Labute approximate surface area is 140 Å². The third kappa shape index (κ3) is 12.1. The molecule has 0 radical (unpaired) electrons. The number of halogens is 4. The number of allylic oxidation sites excluding steroid dienone is 6. The van der Waals surface area contributed by atoms with Gasteiger partial charge in [0, 0.05) is 0 Å². The zero-order valence-corrected chi connectivity index (χ0v) is 14.8. The predicted molar refractivity (Wildman–Crippen MR) is 92.1 cm³/mol. The highest BCUT2D eigenvalue weighted by molar-refractivity contribution is 8.03. The molecule has 0 aromatic rings. The van der Waals surface area contributed by atoms with E-state index in [4.69, 9.17) is 0 Å². The highest BCUT2D eigenvalue weighted by Gasteiger charge is 2.27. The standard InChI is InChI=1S/C17H25F4NS/c1-5-6-7-8-9-10-22-14(3)16(18)11-13(2)15(4)23-12-17(19,20)21/h5-8,11,14,22H,9-10,12H2,1-4H3/b6-5-,8-7-,15-13+,16-11+. The Morgan fingerprint density at radius 1 is 1.22 bits per heavy atom. The molecule has 0 saturated carbocycles. The lowest BCUT2D eigenvalue weighted by Crippen LogP contribution is -2.27. The molecule has 0 aliphatic carbocycles. The minimum Gasteiger partial charge on any atom is -0.308 e. The van der Waals surface area contributed by atoms with Crippen LogP contribution in [0.3, 0.4) is 0 Å². The summed E-state index contributed by atoms with van der Waals surface area (Å²) in [4.78, 5) is 0.471. The van der Waals surface area contributed by atoms with Crippen LogP contribution in [-0.4, -0.2) is 24.5 Å². The van der Waals surface area contributed by atoms with Crippen molar-refractivity contribution in [2.45, 2.75) is 46.3 Å². The van der Waals surface area contributed by atoms with Gasteiger partial charge in [-0.3, -0.25) is 0 Å². The molecule has 6 heteroatoms. The van der Waals surface area contributed by atoms with Gasteiger partial charge in [0.25, 0.3) is 0 Å². The third-order valence-corrected chi connectivity index (χ3v) is 4.20. The first kappa shape index (κ1) is 22.0. The van der Waals surface area contributed by atoms with Crippen molar-refractivity contribution in [3.8, 4) is 0 Å². The summed E-state index contributed by atoms with van der Waals surface area (Å²) >= 11 is 0.682. The van der Waals surface area contributed by atoms with E-state index in [2.05, 4.69) is 5.32 Å². The summed E-state index contributed by atoms with van der Waals surface area (Å²) in [6.07, 6.45) is 5.59. The van der Waals surface area contributed by atoms with Gasteiger partial charge in [-0.25, -0.2) is 4.39 Å². The van der Waals surface area contributed by atoms with Crippen molar-refractivity contribution in [1.82, 2.24) is 5.32 Å². The molecule has 23 heavy (non-hydrogen) atoms. The van der Waals surface area contributed by atoms with Gasteiger partial charge < -0.3 is 5.32 Å². The van der Waals surface area contributed by atoms with E-state index in [1.165, 1.54) is 6.08 Å². The lowest BCUT2D eigenvalue weighted by molar-refractivity contribution is -0.105. The molecule has 1 N–H and O–H groups in total. The molecule has 132 valence electrons. The fourth-order valence-corrected chi connectivity index (χ4v) is 2.17. The van der Waals surface area contributed by atoms with Crippen LogP contribution in [0.5, 0.6) is 0 Å². The van der Waals surface area contributed by atoms with Crippen LogP contribution in [0.4, 0.5) is 17.6 Å². The van der Waals surface area contributed by atoms with Crippen LogP contribution in [0.25, 0.3) is 0 Å². The van der Waals surface area contributed by atoms with E-state index in [-0.39, 0.29) is 5.83 Å². The Morgan fingerprint density at radius 3 is 2.43 bits per heavy atom. The number of alkyl halides is 3. The number of thioether (sulfide) groups is 1. The summed E-state index contributed by atoms with van der Waals surface area (Å²) in [7, 11) is 0. The zero-order valence-electron chi connectivity index (χ0n) is 14.0. The summed E-state index contributed by atoms with van der Waals surface area (Å²) in [5, 5.41) is 3.03. The van der Waals surface area contributed by atoms with Gasteiger partial charge >= 0.3 is 6.18 Å². The first-order valence-electron chi connectivity index (χ1n) is 7.42. The molecule has 0 aromatic carbocycles. The smallest absolute Gasteiger partial charge is 0.308 e. The monoisotopic (exact) mass is 351 g/mol. The van der Waals surface area contributed by atoms with E-state index in [0.29, 0.717) is 28.8 Å². The third-order valence-electron chi connectivity index (χ3n) is 2.98. The predicted octanol–water partition coefficient (Wildman–Crippen LogP) is 5.93. The Balaban J connectivity index is 4.43. The number of nitrogens with one attached hydrogen (secondary N) is 1. The molecule has 0 spiro atoms. The molecule has 1 nitrogen and oxygen atoms in total. The molecule has 1 atom stereocenters. The lowest BCUT2D eigenvalue weighted by atomic mass is 10.2. The molecule has 0 aliphatic heterocycles. The van der Waals surface area contributed by atoms with Crippen LogP contribution in [0.15, 0.2) is 46.7 Å². The molecule has 0 heterocycles. The van der Waals surface area contributed by atoms with E-state index in [1.807, 2.05) is 31.2 Å². The fourth-order valence-electron chi connectivity index (χ4n) is 1.50. The normalized spacial score (nSPS) is 16.3. The second kappa shape index (κ2) is 11.5. The van der Waals surface area contributed by atoms with E-state index in [0.717, 1.165) is 6.42 Å². The first-order valence-corrected chi connectivity index (χ1v) is 8.41. The fraction of sp³-hybridized carbons (Fsp3) is 0.529. The van der Waals surface area contributed by atoms with Crippen LogP contribution in [0.2, 0.25) is 0 Å². The van der Waals surface area contributed by atoms with Gasteiger partial charge in [0.2, 0.25) is 0 Å². The van der Waals surface area contributed by atoms with Crippen molar-refractivity contribution in [2.75, 3.05) is 12.3 Å². The minimum atomic E-state index is -4.22. The van der Waals surface area contributed by atoms with E-state index >= 15 is 0 Å². The van der Waals surface area contributed by atoms with Crippen LogP contribution in [0, 0.1) is 0 Å². The molecule has 0 aromatic heterocycles. The van der Waals surface area contributed by atoms with Crippen LogP contribution < -0.4 is 5.32 Å². The summed E-state index contributed by atoms with van der Waals surface area (Å²) < 4.78 is 50.5. The largest absolute Gasteiger partial charge is 0.398 e. The van der Waals surface area contributed by atoms with E-state index in [9.17, 15) is 17.6 Å². The van der Waals surface area contributed by atoms with Crippen molar-refractivity contribution in [3.63, 3.8) is 0 Å². The van der Waals surface area contributed by atoms with Gasteiger partial charge in [0.15, 0.2) is 0 Å². The second-order valence-electron chi connectivity index (χ2n) is 5.09. The van der Waals surface area contributed by atoms with E-state index in [1.54, 1.807) is 20.8 Å². The SMILES string of the molecule is C/C=C\C=C/CCNC(C)/C(F)=C\C(C)=C(/C)SCC(F)(F)F. The molecule has 0 saturated heterocycles. The van der Waals surface area contributed by atoms with Gasteiger partial charge in [-0.15, -0.1) is 11.8 Å². The molecule has 1 unspecified atom stereocenters. The van der Waals surface area contributed by atoms with E-state index < -0.39 is 18.0 Å². The first-order chi connectivity index (χ1) is 10.7. The van der Waals surface area contributed by atoms with Gasteiger partial charge in [-0.2, -0.15) is 13.2 Å². The maximum absolute atomic E-state index is 14.0. The number of hydrogen-bond acceptors (Lipinski definition) is 2. The van der Waals surface area contributed by atoms with Gasteiger partial charge in [0.05, 0.1) is 11.8 Å². The highest BCUT2D eigenvalue weighted by Crippen LogP contribution is 2.28. The highest BCUT2D eigenvalue weighted by atomic mass is 32.2. The number of rotatable bonds is 9. The van der Waals surface area contributed by atoms with Crippen molar-refractivity contribution >= 4 is 11.8 Å². The van der Waals surface area contributed by atoms with Crippen LogP contribution >= 0.6 is 11.8 Å². The summed E-state index contributed by atoms with van der Waals surface area (Å²) in [5.41, 5.74) is 0.512. The van der Waals surface area contributed by atoms with Crippen molar-refractivity contribution in [3.05, 3.63) is 46.7 Å². The Hall–Kier alpha value is -1.01. The van der Waals surface area contributed by atoms with Gasteiger partial charge in [0.1, 0.15) is 5.83 Å². The topological polar surface area (TPSA) is 12.0 Å². The summed E-state index contributed by atoms with van der Waals surface area (Å²) in [6.45, 7) is 7.42. The van der Waals surface area contributed by atoms with Gasteiger partial charge in [-0.1, -0.05) is 24.3 Å².